The van der Waals surface area contributed by atoms with E-state index in [4.69, 9.17) is 9.15 Å². The number of hydrogen-bond acceptors (Lipinski definition) is 4. The molecule has 8 heteroatoms. The van der Waals surface area contributed by atoms with Gasteiger partial charge in [0.1, 0.15) is 6.61 Å². The first-order chi connectivity index (χ1) is 11.9. The molecule has 0 atom stereocenters. The standard InChI is InChI=1S/C17H16F3NO4/c18-17(19,20)13-7-5-12(6-8-13)11-25-15(22)4-1-9-21-16(23)14-3-2-10-24-14/h2-3,5-8,10H,1,4,9,11H2,(H,21,23). The Balaban J connectivity index is 1.64. The summed E-state index contributed by atoms with van der Waals surface area (Å²) in [5, 5.41) is 2.59. The Hall–Kier alpha value is -2.77. The van der Waals surface area contributed by atoms with Gasteiger partial charge in [0.15, 0.2) is 5.76 Å². The second-order valence-electron chi connectivity index (χ2n) is 5.19. The number of rotatable bonds is 7. The fraction of sp³-hybridized carbons (Fsp3) is 0.294. The highest BCUT2D eigenvalue weighted by Gasteiger charge is 2.29. The number of ether oxygens (including phenoxy) is 1. The van der Waals surface area contributed by atoms with Gasteiger partial charge in [0.2, 0.25) is 0 Å². The van der Waals surface area contributed by atoms with Crippen LogP contribution < -0.4 is 5.32 Å². The number of esters is 1. The first-order valence-corrected chi connectivity index (χ1v) is 7.50. The molecule has 1 aromatic carbocycles. The third kappa shape index (κ3) is 5.98. The van der Waals surface area contributed by atoms with E-state index in [1.807, 2.05) is 0 Å². The summed E-state index contributed by atoms with van der Waals surface area (Å²) < 4.78 is 47.2. The number of hydrogen-bond donors (Lipinski definition) is 1. The SMILES string of the molecule is O=C(CCCNC(=O)c1ccco1)OCc1ccc(C(F)(F)F)cc1. The summed E-state index contributed by atoms with van der Waals surface area (Å²) in [6, 6.07) is 7.52. The van der Waals surface area contributed by atoms with Crippen LogP contribution in [0.1, 0.15) is 34.5 Å². The molecule has 0 radical (unpaired) electrons. The van der Waals surface area contributed by atoms with Crippen molar-refractivity contribution in [3.05, 3.63) is 59.5 Å². The molecule has 1 heterocycles. The van der Waals surface area contributed by atoms with Gasteiger partial charge in [-0.2, -0.15) is 13.2 Å². The van der Waals surface area contributed by atoms with Crippen molar-refractivity contribution < 1.29 is 31.9 Å². The average Bonchev–Trinajstić information content (AvgIpc) is 3.11. The predicted octanol–water partition coefficient (Wildman–Crippen LogP) is 3.55. The summed E-state index contributed by atoms with van der Waals surface area (Å²) in [6.07, 6.45) is -2.56. The normalized spacial score (nSPS) is 11.2. The predicted molar refractivity (Wildman–Crippen MR) is 81.5 cm³/mol. The van der Waals surface area contributed by atoms with Crippen molar-refractivity contribution >= 4 is 11.9 Å². The molecule has 2 rings (SSSR count). The molecule has 1 N–H and O–H groups in total. The molecular weight excluding hydrogens is 339 g/mol. The largest absolute Gasteiger partial charge is 0.461 e. The van der Waals surface area contributed by atoms with Gasteiger partial charge in [-0.05, 0) is 36.2 Å². The number of halogens is 3. The highest BCUT2D eigenvalue weighted by Crippen LogP contribution is 2.29. The highest BCUT2D eigenvalue weighted by molar-refractivity contribution is 5.91. The smallest absolute Gasteiger partial charge is 0.416 e. The molecule has 134 valence electrons. The molecule has 0 unspecified atom stereocenters. The molecular formula is C17H16F3NO4. The van der Waals surface area contributed by atoms with Crippen molar-refractivity contribution in [1.82, 2.24) is 5.32 Å². The van der Waals surface area contributed by atoms with Crippen molar-refractivity contribution in [3.8, 4) is 0 Å². The minimum Gasteiger partial charge on any atom is -0.461 e. The lowest BCUT2D eigenvalue weighted by atomic mass is 10.1. The van der Waals surface area contributed by atoms with Gasteiger partial charge < -0.3 is 14.5 Å². The molecule has 0 fully saturated rings. The Labute approximate surface area is 141 Å². The Morgan fingerprint density at radius 2 is 1.84 bits per heavy atom. The quantitative estimate of drug-likeness (QED) is 0.609. The van der Waals surface area contributed by atoms with E-state index in [9.17, 15) is 22.8 Å². The van der Waals surface area contributed by atoms with Crippen LogP contribution in [-0.2, 0) is 22.3 Å². The van der Waals surface area contributed by atoms with E-state index >= 15 is 0 Å². The van der Waals surface area contributed by atoms with Crippen LogP contribution in [0.25, 0.3) is 0 Å². The molecule has 0 bridgehead atoms. The number of amides is 1. The van der Waals surface area contributed by atoms with Crippen LogP contribution in [0.3, 0.4) is 0 Å². The van der Waals surface area contributed by atoms with Crippen LogP contribution in [0.2, 0.25) is 0 Å². The van der Waals surface area contributed by atoms with E-state index in [1.165, 1.54) is 24.5 Å². The van der Waals surface area contributed by atoms with Crippen molar-refractivity contribution in [2.45, 2.75) is 25.6 Å². The molecule has 1 amide bonds. The maximum absolute atomic E-state index is 12.4. The summed E-state index contributed by atoms with van der Waals surface area (Å²) in [6.45, 7) is 0.171. The van der Waals surface area contributed by atoms with Gasteiger partial charge in [-0.1, -0.05) is 12.1 Å². The van der Waals surface area contributed by atoms with E-state index in [0.717, 1.165) is 12.1 Å². The maximum atomic E-state index is 12.4. The Kier molecular flexibility index (Phi) is 6.21. The van der Waals surface area contributed by atoms with Crippen molar-refractivity contribution in [2.75, 3.05) is 6.54 Å². The highest BCUT2D eigenvalue weighted by atomic mass is 19.4. The summed E-state index contributed by atoms with van der Waals surface area (Å²) >= 11 is 0. The molecule has 25 heavy (non-hydrogen) atoms. The van der Waals surface area contributed by atoms with E-state index in [0.29, 0.717) is 12.0 Å². The Bertz CT molecular complexity index is 694. The lowest BCUT2D eigenvalue weighted by Crippen LogP contribution is -2.24. The molecule has 0 aliphatic carbocycles. The fourth-order valence-corrected chi connectivity index (χ4v) is 1.96. The van der Waals surface area contributed by atoms with Gasteiger partial charge >= 0.3 is 12.1 Å². The average molecular weight is 355 g/mol. The van der Waals surface area contributed by atoms with Crippen LogP contribution in [-0.4, -0.2) is 18.4 Å². The van der Waals surface area contributed by atoms with Gasteiger partial charge in [0, 0.05) is 13.0 Å². The third-order valence-electron chi connectivity index (χ3n) is 3.27. The number of benzene rings is 1. The maximum Gasteiger partial charge on any atom is 0.416 e. The van der Waals surface area contributed by atoms with Crippen molar-refractivity contribution in [3.63, 3.8) is 0 Å². The lowest BCUT2D eigenvalue weighted by Gasteiger charge is -2.08. The van der Waals surface area contributed by atoms with E-state index in [1.54, 1.807) is 6.07 Å². The van der Waals surface area contributed by atoms with Crippen LogP contribution in [0, 0.1) is 0 Å². The number of alkyl halides is 3. The van der Waals surface area contributed by atoms with E-state index in [-0.39, 0.29) is 31.2 Å². The Morgan fingerprint density at radius 3 is 2.44 bits per heavy atom. The molecule has 0 aliphatic rings. The van der Waals surface area contributed by atoms with Gasteiger partial charge in [-0.25, -0.2) is 0 Å². The third-order valence-corrected chi connectivity index (χ3v) is 3.27. The van der Waals surface area contributed by atoms with Crippen LogP contribution in [0.4, 0.5) is 13.2 Å². The fourth-order valence-electron chi connectivity index (χ4n) is 1.96. The zero-order valence-electron chi connectivity index (χ0n) is 13.1. The molecule has 2 aromatic rings. The minimum atomic E-state index is -4.39. The zero-order chi connectivity index (χ0) is 18.3. The first-order valence-electron chi connectivity index (χ1n) is 7.50. The summed E-state index contributed by atoms with van der Waals surface area (Å²) in [7, 11) is 0. The first kappa shape index (κ1) is 18.6. The zero-order valence-corrected chi connectivity index (χ0v) is 13.1. The van der Waals surface area contributed by atoms with Crippen molar-refractivity contribution in [1.29, 1.82) is 0 Å². The lowest BCUT2D eigenvalue weighted by molar-refractivity contribution is -0.145. The second kappa shape index (κ2) is 8.36. The number of carbonyl (C=O) groups is 2. The Morgan fingerprint density at radius 1 is 1.12 bits per heavy atom. The molecule has 0 saturated heterocycles. The van der Waals surface area contributed by atoms with Crippen LogP contribution in [0.15, 0.2) is 47.1 Å². The minimum absolute atomic E-state index is 0.0824. The van der Waals surface area contributed by atoms with Gasteiger partial charge in [-0.3, -0.25) is 9.59 Å². The summed E-state index contributed by atoms with van der Waals surface area (Å²) in [5.74, 6) is -0.680. The number of nitrogens with one attached hydrogen (secondary N) is 1. The summed E-state index contributed by atoms with van der Waals surface area (Å²) in [4.78, 5) is 23.1. The molecule has 0 aliphatic heterocycles. The van der Waals surface area contributed by atoms with E-state index < -0.39 is 17.7 Å². The molecule has 1 aromatic heterocycles. The summed E-state index contributed by atoms with van der Waals surface area (Å²) in [5.41, 5.74) is -0.289. The molecule has 0 spiro atoms. The topological polar surface area (TPSA) is 68.5 Å². The van der Waals surface area contributed by atoms with Gasteiger partial charge in [0.05, 0.1) is 11.8 Å². The van der Waals surface area contributed by atoms with Crippen LogP contribution >= 0.6 is 0 Å². The van der Waals surface area contributed by atoms with Gasteiger partial charge in [0.25, 0.3) is 5.91 Å². The molecule has 5 nitrogen and oxygen atoms in total. The van der Waals surface area contributed by atoms with E-state index in [2.05, 4.69) is 5.32 Å². The van der Waals surface area contributed by atoms with Crippen molar-refractivity contribution in [2.24, 2.45) is 0 Å². The number of furan rings is 1. The monoisotopic (exact) mass is 355 g/mol. The number of carbonyl (C=O) groups excluding carboxylic acids is 2. The van der Waals surface area contributed by atoms with Gasteiger partial charge in [-0.15, -0.1) is 0 Å². The molecule has 0 saturated carbocycles. The van der Waals surface area contributed by atoms with Crippen LogP contribution in [0.5, 0.6) is 0 Å². The second-order valence-corrected chi connectivity index (χ2v) is 5.19.